The summed E-state index contributed by atoms with van der Waals surface area (Å²) in [6.45, 7) is 0. The van der Waals surface area contributed by atoms with Crippen LogP contribution in [0.1, 0.15) is 34.9 Å². The number of imidazole rings is 1. The number of rotatable bonds is 2. The fourth-order valence-electron chi connectivity index (χ4n) is 2.60. The van der Waals surface area contributed by atoms with Crippen molar-refractivity contribution in [2.24, 2.45) is 0 Å². The molecule has 2 aromatic heterocycles. The second kappa shape index (κ2) is 4.45. The number of carbonyl (C=O) groups excluding carboxylic acids is 1. The van der Waals surface area contributed by atoms with E-state index in [1.165, 1.54) is 0 Å². The second-order valence-corrected chi connectivity index (χ2v) is 7.14. The molecule has 0 saturated carbocycles. The lowest BCUT2D eigenvalue weighted by molar-refractivity contribution is 0.111. The SMILES string of the molecule is O=Cc1cccc2nc(C3CCCS(=O)(=O)C3)cn12. The molecule has 1 aliphatic heterocycles. The molecule has 5 nitrogen and oxygen atoms in total. The molecule has 0 aliphatic carbocycles. The van der Waals surface area contributed by atoms with Gasteiger partial charge < -0.3 is 0 Å². The van der Waals surface area contributed by atoms with Crippen molar-refractivity contribution in [3.8, 4) is 0 Å². The molecule has 1 atom stereocenters. The van der Waals surface area contributed by atoms with Crippen molar-refractivity contribution < 1.29 is 13.2 Å². The van der Waals surface area contributed by atoms with Gasteiger partial charge in [-0.3, -0.25) is 9.20 Å². The van der Waals surface area contributed by atoms with Crippen LogP contribution in [-0.2, 0) is 9.84 Å². The highest BCUT2D eigenvalue weighted by Gasteiger charge is 2.27. The van der Waals surface area contributed by atoms with Gasteiger partial charge in [0.05, 0.1) is 22.9 Å². The van der Waals surface area contributed by atoms with Crippen LogP contribution in [0.4, 0.5) is 0 Å². The van der Waals surface area contributed by atoms with Crippen LogP contribution in [0.5, 0.6) is 0 Å². The lowest BCUT2D eigenvalue weighted by Gasteiger charge is -2.19. The Balaban J connectivity index is 2.04. The summed E-state index contributed by atoms with van der Waals surface area (Å²) in [6, 6.07) is 5.30. The Kier molecular flexibility index (Phi) is 2.89. The van der Waals surface area contributed by atoms with Crippen LogP contribution in [-0.4, -0.2) is 35.6 Å². The van der Waals surface area contributed by atoms with Crippen molar-refractivity contribution in [3.05, 3.63) is 35.8 Å². The van der Waals surface area contributed by atoms with Crippen molar-refractivity contribution in [1.82, 2.24) is 9.38 Å². The molecule has 100 valence electrons. The zero-order chi connectivity index (χ0) is 13.5. The minimum atomic E-state index is -2.95. The van der Waals surface area contributed by atoms with Gasteiger partial charge in [-0.25, -0.2) is 13.4 Å². The van der Waals surface area contributed by atoms with Gasteiger partial charge in [0.1, 0.15) is 5.65 Å². The average Bonchev–Trinajstić information content (AvgIpc) is 2.81. The molecule has 1 fully saturated rings. The number of carbonyl (C=O) groups is 1. The number of hydrogen-bond donors (Lipinski definition) is 0. The number of aldehydes is 1. The molecule has 0 aromatic carbocycles. The molecule has 0 amide bonds. The van der Waals surface area contributed by atoms with Crippen LogP contribution >= 0.6 is 0 Å². The quantitative estimate of drug-likeness (QED) is 0.779. The normalized spacial score (nSPS) is 22.4. The molecule has 0 N–H and O–H groups in total. The van der Waals surface area contributed by atoms with E-state index >= 15 is 0 Å². The van der Waals surface area contributed by atoms with E-state index in [9.17, 15) is 13.2 Å². The van der Waals surface area contributed by atoms with Gasteiger partial charge in [0.25, 0.3) is 0 Å². The van der Waals surface area contributed by atoms with Crippen molar-refractivity contribution >= 4 is 21.8 Å². The third-order valence-electron chi connectivity index (χ3n) is 3.54. The third kappa shape index (κ3) is 2.28. The Hall–Kier alpha value is -1.69. The highest BCUT2D eigenvalue weighted by molar-refractivity contribution is 7.91. The topological polar surface area (TPSA) is 68.5 Å². The molecule has 1 unspecified atom stereocenters. The lowest BCUT2D eigenvalue weighted by Crippen LogP contribution is -2.23. The smallest absolute Gasteiger partial charge is 0.166 e. The minimum Gasteiger partial charge on any atom is -0.297 e. The predicted molar refractivity (Wildman–Crippen MR) is 71.2 cm³/mol. The number of hydrogen-bond acceptors (Lipinski definition) is 4. The molecular weight excluding hydrogens is 264 g/mol. The molecule has 19 heavy (non-hydrogen) atoms. The van der Waals surface area contributed by atoms with Crippen LogP contribution < -0.4 is 0 Å². The first kappa shape index (κ1) is 12.3. The van der Waals surface area contributed by atoms with Crippen molar-refractivity contribution in [2.75, 3.05) is 11.5 Å². The number of pyridine rings is 1. The Morgan fingerprint density at radius 2 is 2.21 bits per heavy atom. The van der Waals surface area contributed by atoms with E-state index in [2.05, 4.69) is 4.98 Å². The van der Waals surface area contributed by atoms with Gasteiger partial charge in [0, 0.05) is 12.1 Å². The van der Waals surface area contributed by atoms with Crippen molar-refractivity contribution in [2.45, 2.75) is 18.8 Å². The maximum Gasteiger partial charge on any atom is 0.166 e. The predicted octanol–water partition coefficient (Wildman–Crippen LogP) is 1.44. The van der Waals surface area contributed by atoms with Gasteiger partial charge in [-0.2, -0.15) is 0 Å². The van der Waals surface area contributed by atoms with Gasteiger partial charge in [0.2, 0.25) is 0 Å². The zero-order valence-corrected chi connectivity index (χ0v) is 11.1. The van der Waals surface area contributed by atoms with Crippen LogP contribution in [0.25, 0.3) is 5.65 Å². The molecule has 0 bridgehead atoms. The summed E-state index contributed by atoms with van der Waals surface area (Å²) in [5.74, 6) is 0.377. The van der Waals surface area contributed by atoms with Gasteiger partial charge in [-0.05, 0) is 25.0 Å². The summed E-state index contributed by atoms with van der Waals surface area (Å²) in [5.41, 5.74) is 1.97. The minimum absolute atomic E-state index is 0.0573. The molecular formula is C13H14N2O3S. The second-order valence-electron chi connectivity index (χ2n) is 4.92. The molecule has 0 spiro atoms. The van der Waals surface area contributed by atoms with Crippen LogP contribution in [0.3, 0.4) is 0 Å². The number of nitrogens with zero attached hydrogens (tertiary/aromatic N) is 2. The lowest BCUT2D eigenvalue weighted by atomic mass is 10.0. The molecule has 1 aliphatic rings. The maximum atomic E-state index is 11.7. The summed E-state index contributed by atoms with van der Waals surface area (Å²) in [4.78, 5) is 15.4. The summed E-state index contributed by atoms with van der Waals surface area (Å²) in [5, 5.41) is 0. The Morgan fingerprint density at radius 3 is 2.95 bits per heavy atom. The maximum absolute atomic E-state index is 11.7. The molecule has 3 heterocycles. The van der Waals surface area contributed by atoms with E-state index in [0.29, 0.717) is 17.8 Å². The van der Waals surface area contributed by atoms with Gasteiger partial charge in [-0.15, -0.1) is 0 Å². The van der Waals surface area contributed by atoms with Crippen LogP contribution in [0, 0.1) is 0 Å². The highest BCUT2D eigenvalue weighted by atomic mass is 32.2. The van der Waals surface area contributed by atoms with E-state index in [0.717, 1.165) is 18.4 Å². The zero-order valence-electron chi connectivity index (χ0n) is 10.3. The summed E-state index contributed by atoms with van der Waals surface area (Å²) in [6.07, 6.45) is 4.07. The fraction of sp³-hybridized carbons (Fsp3) is 0.385. The van der Waals surface area contributed by atoms with Gasteiger partial charge >= 0.3 is 0 Å². The number of fused-ring (bicyclic) bond motifs is 1. The summed E-state index contributed by atoms with van der Waals surface area (Å²) in [7, 11) is -2.95. The molecule has 2 aromatic rings. The molecule has 1 saturated heterocycles. The highest BCUT2D eigenvalue weighted by Crippen LogP contribution is 2.28. The first-order valence-corrected chi connectivity index (χ1v) is 8.05. The van der Waals surface area contributed by atoms with Crippen LogP contribution in [0.2, 0.25) is 0 Å². The summed E-state index contributed by atoms with van der Waals surface area (Å²) >= 11 is 0. The Bertz CT molecular complexity index is 733. The first-order valence-electron chi connectivity index (χ1n) is 6.23. The van der Waals surface area contributed by atoms with E-state index < -0.39 is 9.84 Å². The van der Waals surface area contributed by atoms with Gasteiger partial charge in [0.15, 0.2) is 16.1 Å². The summed E-state index contributed by atoms with van der Waals surface area (Å²) < 4.78 is 25.1. The largest absolute Gasteiger partial charge is 0.297 e. The van der Waals surface area contributed by atoms with Gasteiger partial charge in [-0.1, -0.05) is 6.07 Å². The van der Waals surface area contributed by atoms with Crippen molar-refractivity contribution in [1.29, 1.82) is 0 Å². The number of aromatic nitrogens is 2. The fourth-order valence-corrected chi connectivity index (χ4v) is 4.32. The monoisotopic (exact) mass is 278 g/mol. The van der Waals surface area contributed by atoms with E-state index in [1.807, 2.05) is 6.07 Å². The third-order valence-corrected chi connectivity index (χ3v) is 5.37. The Labute approximate surface area is 111 Å². The van der Waals surface area contributed by atoms with E-state index in [1.54, 1.807) is 22.7 Å². The van der Waals surface area contributed by atoms with E-state index in [-0.39, 0.29) is 17.4 Å². The van der Waals surface area contributed by atoms with Crippen LogP contribution in [0.15, 0.2) is 24.4 Å². The van der Waals surface area contributed by atoms with E-state index in [4.69, 9.17) is 0 Å². The first-order chi connectivity index (χ1) is 9.09. The van der Waals surface area contributed by atoms with Crippen molar-refractivity contribution in [3.63, 3.8) is 0 Å². The number of sulfone groups is 1. The molecule has 3 rings (SSSR count). The Morgan fingerprint density at radius 1 is 1.37 bits per heavy atom. The molecule has 6 heteroatoms. The molecule has 0 radical (unpaired) electrons. The standard InChI is InChI=1S/C13H14N2O3S/c16-8-11-4-1-5-13-14-12(7-15(11)13)10-3-2-6-19(17,18)9-10/h1,4-5,7-8,10H,2-3,6,9H2. The average molecular weight is 278 g/mol.